The molecule has 0 aliphatic carbocycles. The van der Waals surface area contributed by atoms with Crippen molar-refractivity contribution in [2.24, 2.45) is 5.92 Å². The number of benzene rings is 1. The lowest BCUT2D eigenvalue weighted by Gasteiger charge is -2.26. The molecule has 19 heavy (non-hydrogen) atoms. The summed E-state index contributed by atoms with van der Waals surface area (Å²) in [5, 5.41) is 3.31. The molecule has 2 amide bonds. The van der Waals surface area contributed by atoms with Crippen LogP contribution in [0.15, 0.2) is 24.3 Å². The first-order valence-corrected chi connectivity index (χ1v) is 6.43. The summed E-state index contributed by atoms with van der Waals surface area (Å²) in [6, 6.07) is 7.06. The highest BCUT2D eigenvalue weighted by Gasteiger charge is 2.36. The molecule has 0 saturated carbocycles. The topological polar surface area (TPSA) is 49.4 Å². The molecule has 0 aromatic heterocycles. The normalized spacial score (nSPS) is 22.1. The number of rotatable bonds is 2. The standard InChI is InChI=1S/C14H16N2O2.ClH/c17-13-11-5-1-2-6-12(11)14(18)16(13)9-10-4-3-7-15-8-10;/h1-2,5-6,10,15H,3-4,7-9H2;1H/t10-;/m0./s1. The summed E-state index contributed by atoms with van der Waals surface area (Å²) >= 11 is 0. The van der Waals surface area contributed by atoms with Crippen molar-refractivity contribution in [3.05, 3.63) is 35.4 Å². The van der Waals surface area contributed by atoms with Crippen molar-refractivity contribution in [3.8, 4) is 0 Å². The molecule has 0 unspecified atom stereocenters. The van der Waals surface area contributed by atoms with Gasteiger partial charge in [-0.25, -0.2) is 0 Å². The summed E-state index contributed by atoms with van der Waals surface area (Å²) < 4.78 is 0. The fraction of sp³-hybridized carbons (Fsp3) is 0.429. The largest absolute Gasteiger partial charge is 0.316 e. The average Bonchev–Trinajstić information content (AvgIpc) is 2.66. The van der Waals surface area contributed by atoms with Gasteiger partial charge in [-0.3, -0.25) is 14.5 Å². The molecule has 5 heteroatoms. The molecule has 2 aliphatic heterocycles. The van der Waals surface area contributed by atoms with Crippen LogP contribution in [-0.4, -0.2) is 36.3 Å². The van der Waals surface area contributed by atoms with Gasteiger partial charge in [0.15, 0.2) is 0 Å². The van der Waals surface area contributed by atoms with Crippen LogP contribution in [0.4, 0.5) is 0 Å². The monoisotopic (exact) mass is 280 g/mol. The first kappa shape index (κ1) is 14.0. The van der Waals surface area contributed by atoms with E-state index in [1.807, 2.05) is 0 Å². The zero-order valence-corrected chi connectivity index (χ0v) is 11.4. The van der Waals surface area contributed by atoms with Gasteiger partial charge < -0.3 is 5.32 Å². The highest BCUT2D eigenvalue weighted by Crippen LogP contribution is 2.24. The molecule has 4 nitrogen and oxygen atoms in total. The number of nitrogens with zero attached hydrogens (tertiary/aromatic N) is 1. The molecule has 1 N–H and O–H groups in total. The van der Waals surface area contributed by atoms with Crippen LogP contribution in [0, 0.1) is 5.92 Å². The third-order valence-corrected chi connectivity index (χ3v) is 3.72. The molecular formula is C14H17ClN2O2. The molecule has 102 valence electrons. The number of hydrogen-bond donors (Lipinski definition) is 1. The summed E-state index contributed by atoms with van der Waals surface area (Å²) in [5.74, 6) is 0.114. The van der Waals surface area contributed by atoms with Gasteiger partial charge in [0, 0.05) is 6.54 Å². The Morgan fingerprint density at radius 1 is 1.16 bits per heavy atom. The van der Waals surface area contributed by atoms with E-state index in [9.17, 15) is 9.59 Å². The van der Waals surface area contributed by atoms with Crippen LogP contribution in [0.25, 0.3) is 0 Å². The molecule has 1 saturated heterocycles. The molecule has 2 aliphatic rings. The van der Waals surface area contributed by atoms with Gasteiger partial charge in [-0.05, 0) is 44.0 Å². The number of nitrogens with one attached hydrogen (secondary N) is 1. The molecule has 0 spiro atoms. The number of piperidine rings is 1. The average molecular weight is 281 g/mol. The van der Waals surface area contributed by atoms with Crippen LogP contribution in [0.3, 0.4) is 0 Å². The van der Waals surface area contributed by atoms with Crippen LogP contribution in [0.5, 0.6) is 0 Å². The van der Waals surface area contributed by atoms with Gasteiger partial charge in [0.25, 0.3) is 11.8 Å². The Kier molecular flexibility index (Phi) is 4.22. The number of carbonyl (C=O) groups excluding carboxylic acids is 2. The van der Waals surface area contributed by atoms with Crippen molar-refractivity contribution >= 4 is 24.2 Å². The second kappa shape index (κ2) is 5.72. The lowest BCUT2D eigenvalue weighted by Crippen LogP contribution is -2.40. The molecule has 1 aromatic carbocycles. The molecule has 0 bridgehead atoms. The van der Waals surface area contributed by atoms with E-state index in [1.165, 1.54) is 4.90 Å². The Hall–Kier alpha value is -1.39. The summed E-state index contributed by atoms with van der Waals surface area (Å²) in [6.45, 7) is 2.48. The Morgan fingerprint density at radius 3 is 2.32 bits per heavy atom. The minimum absolute atomic E-state index is 0. The summed E-state index contributed by atoms with van der Waals surface area (Å²) in [6.07, 6.45) is 2.20. The fourth-order valence-electron chi connectivity index (χ4n) is 2.74. The number of amides is 2. The van der Waals surface area contributed by atoms with Crippen LogP contribution in [-0.2, 0) is 0 Å². The van der Waals surface area contributed by atoms with Gasteiger partial charge >= 0.3 is 0 Å². The van der Waals surface area contributed by atoms with Crippen LogP contribution < -0.4 is 5.32 Å². The maximum absolute atomic E-state index is 12.2. The highest BCUT2D eigenvalue weighted by molar-refractivity contribution is 6.21. The van der Waals surface area contributed by atoms with Gasteiger partial charge in [-0.1, -0.05) is 12.1 Å². The van der Waals surface area contributed by atoms with E-state index < -0.39 is 0 Å². The molecule has 3 rings (SSSR count). The lowest BCUT2D eigenvalue weighted by atomic mass is 9.99. The Morgan fingerprint density at radius 2 is 1.79 bits per heavy atom. The zero-order valence-electron chi connectivity index (χ0n) is 10.6. The predicted octanol–water partition coefficient (Wildman–Crippen LogP) is 1.70. The number of carbonyl (C=O) groups is 2. The summed E-state index contributed by atoms with van der Waals surface area (Å²) in [5.41, 5.74) is 1.09. The Labute approximate surface area is 118 Å². The molecule has 1 atom stereocenters. The summed E-state index contributed by atoms with van der Waals surface area (Å²) in [4.78, 5) is 25.7. The third-order valence-electron chi connectivity index (χ3n) is 3.72. The maximum Gasteiger partial charge on any atom is 0.261 e. The minimum atomic E-state index is -0.138. The first-order valence-electron chi connectivity index (χ1n) is 6.43. The SMILES string of the molecule is Cl.O=C1c2ccccc2C(=O)N1C[C@H]1CCCNC1. The van der Waals surface area contributed by atoms with E-state index in [4.69, 9.17) is 0 Å². The summed E-state index contributed by atoms with van der Waals surface area (Å²) in [7, 11) is 0. The van der Waals surface area contributed by atoms with Gasteiger partial charge in [-0.15, -0.1) is 12.4 Å². The lowest BCUT2D eigenvalue weighted by molar-refractivity contribution is 0.0621. The number of halogens is 1. The van der Waals surface area contributed by atoms with E-state index in [-0.39, 0.29) is 24.2 Å². The number of imide groups is 1. The van der Waals surface area contributed by atoms with Crippen LogP contribution in [0.1, 0.15) is 33.6 Å². The van der Waals surface area contributed by atoms with E-state index in [1.54, 1.807) is 24.3 Å². The maximum atomic E-state index is 12.2. The van der Waals surface area contributed by atoms with Crippen LogP contribution in [0.2, 0.25) is 0 Å². The highest BCUT2D eigenvalue weighted by atomic mass is 35.5. The molecule has 1 fully saturated rings. The van der Waals surface area contributed by atoms with Crippen molar-refractivity contribution in [3.63, 3.8) is 0 Å². The smallest absolute Gasteiger partial charge is 0.261 e. The Balaban J connectivity index is 0.00000133. The molecule has 1 aromatic rings. The quantitative estimate of drug-likeness (QED) is 0.839. The van der Waals surface area contributed by atoms with Crippen molar-refractivity contribution in [1.82, 2.24) is 10.2 Å². The van der Waals surface area contributed by atoms with E-state index in [2.05, 4.69) is 5.32 Å². The molecular weight excluding hydrogens is 264 g/mol. The van der Waals surface area contributed by atoms with E-state index >= 15 is 0 Å². The first-order chi connectivity index (χ1) is 8.77. The second-order valence-electron chi connectivity index (χ2n) is 4.98. The van der Waals surface area contributed by atoms with Gasteiger partial charge in [-0.2, -0.15) is 0 Å². The fourth-order valence-corrected chi connectivity index (χ4v) is 2.74. The predicted molar refractivity (Wildman–Crippen MR) is 74.7 cm³/mol. The van der Waals surface area contributed by atoms with Crippen molar-refractivity contribution in [2.75, 3.05) is 19.6 Å². The number of fused-ring (bicyclic) bond motifs is 1. The molecule has 2 heterocycles. The van der Waals surface area contributed by atoms with Gasteiger partial charge in [0.2, 0.25) is 0 Å². The number of hydrogen-bond acceptors (Lipinski definition) is 3. The minimum Gasteiger partial charge on any atom is -0.316 e. The van der Waals surface area contributed by atoms with Gasteiger partial charge in [0.1, 0.15) is 0 Å². The Bertz CT molecular complexity index is 463. The van der Waals surface area contributed by atoms with E-state index in [0.717, 1.165) is 25.9 Å². The second-order valence-corrected chi connectivity index (χ2v) is 4.98. The molecule has 0 radical (unpaired) electrons. The van der Waals surface area contributed by atoms with Crippen molar-refractivity contribution in [2.45, 2.75) is 12.8 Å². The van der Waals surface area contributed by atoms with Crippen molar-refractivity contribution in [1.29, 1.82) is 0 Å². The van der Waals surface area contributed by atoms with E-state index in [0.29, 0.717) is 23.6 Å². The zero-order chi connectivity index (χ0) is 12.5. The van der Waals surface area contributed by atoms with Gasteiger partial charge in [0.05, 0.1) is 11.1 Å². The van der Waals surface area contributed by atoms with Crippen LogP contribution >= 0.6 is 12.4 Å². The third kappa shape index (κ3) is 2.51. The van der Waals surface area contributed by atoms with Crippen molar-refractivity contribution < 1.29 is 9.59 Å².